The van der Waals surface area contributed by atoms with E-state index >= 15 is 0 Å². The maximum atomic E-state index is 14.0. The van der Waals surface area contributed by atoms with E-state index < -0.39 is 5.54 Å². The summed E-state index contributed by atoms with van der Waals surface area (Å²) in [6.07, 6.45) is 6.31. The van der Waals surface area contributed by atoms with E-state index in [0.717, 1.165) is 31.6 Å². The maximum absolute atomic E-state index is 14.0. The van der Waals surface area contributed by atoms with Crippen LogP contribution in [0.4, 0.5) is 4.39 Å². The Kier molecular flexibility index (Phi) is 4.29. The molecule has 2 N–H and O–H groups in total. The molecule has 2 atom stereocenters. The maximum Gasteiger partial charge on any atom is 0.129 e. The van der Waals surface area contributed by atoms with Crippen molar-refractivity contribution >= 4 is 11.6 Å². The van der Waals surface area contributed by atoms with Crippen LogP contribution in [-0.2, 0) is 5.54 Å². The van der Waals surface area contributed by atoms with E-state index in [0.29, 0.717) is 10.6 Å². The molecular formula is C15H21ClFN. The third-order valence-electron chi connectivity index (χ3n) is 4.28. The van der Waals surface area contributed by atoms with Crippen molar-refractivity contribution in [3.8, 4) is 0 Å². The van der Waals surface area contributed by atoms with Crippen LogP contribution >= 0.6 is 11.6 Å². The van der Waals surface area contributed by atoms with Crippen LogP contribution in [0.5, 0.6) is 0 Å². The van der Waals surface area contributed by atoms with Crippen molar-refractivity contribution < 1.29 is 4.39 Å². The summed E-state index contributed by atoms with van der Waals surface area (Å²) in [6.45, 7) is 2.22. The lowest BCUT2D eigenvalue weighted by Crippen LogP contribution is -2.37. The molecule has 1 aliphatic carbocycles. The van der Waals surface area contributed by atoms with Gasteiger partial charge >= 0.3 is 0 Å². The second kappa shape index (κ2) is 5.58. The summed E-state index contributed by atoms with van der Waals surface area (Å²) in [5, 5.41) is 0.430. The summed E-state index contributed by atoms with van der Waals surface area (Å²) in [5.74, 6) is 0.478. The minimum Gasteiger partial charge on any atom is -0.321 e. The van der Waals surface area contributed by atoms with Crippen molar-refractivity contribution in [1.29, 1.82) is 0 Å². The highest BCUT2D eigenvalue weighted by molar-refractivity contribution is 6.30. The molecular weight excluding hydrogens is 249 g/mol. The van der Waals surface area contributed by atoms with Crippen molar-refractivity contribution in [1.82, 2.24) is 0 Å². The van der Waals surface area contributed by atoms with Crippen LogP contribution in [0.2, 0.25) is 5.02 Å². The van der Waals surface area contributed by atoms with Gasteiger partial charge in [-0.2, -0.15) is 0 Å². The van der Waals surface area contributed by atoms with Gasteiger partial charge in [-0.1, -0.05) is 43.9 Å². The smallest absolute Gasteiger partial charge is 0.129 e. The van der Waals surface area contributed by atoms with Gasteiger partial charge in [0.1, 0.15) is 5.82 Å². The average molecular weight is 270 g/mol. The number of hydrogen-bond donors (Lipinski definition) is 1. The van der Waals surface area contributed by atoms with Crippen LogP contribution in [-0.4, -0.2) is 0 Å². The highest BCUT2D eigenvalue weighted by atomic mass is 35.5. The average Bonchev–Trinajstić information content (AvgIpc) is 2.51. The molecule has 0 spiro atoms. The van der Waals surface area contributed by atoms with E-state index in [-0.39, 0.29) is 5.82 Å². The first kappa shape index (κ1) is 13.8. The zero-order valence-corrected chi connectivity index (χ0v) is 11.6. The van der Waals surface area contributed by atoms with Gasteiger partial charge in [-0.25, -0.2) is 4.39 Å². The van der Waals surface area contributed by atoms with Crippen molar-refractivity contribution in [2.45, 2.75) is 51.0 Å². The first-order chi connectivity index (χ1) is 8.55. The summed E-state index contributed by atoms with van der Waals surface area (Å²) in [7, 11) is 0. The van der Waals surface area contributed by atoms with Crippen LogP contribution in [0.25, 0.3) is 0 Å². The van der Waals surface area contributed by atoms with Crippen LogP contribution < -0.4 is 5.73 Å². The number of rotatable bonds is 2. The second-order valence-corrected chi connectivity index (χ2v) is 5.92. The van der Waals surface area contributed by atoms with Crippen LogP contribution in [0.3, 0.4) is 0 Å². The molecule has 1 saturated carbocycles. The van der Waals surface area contributed by atoms with E-state index in [1.807, 2.05) is 0 Å². The highest BCUT2D eigenvalue weighted by Gasteiger charge is 2.32. The summed E-state index contributed by atoms with van der Waals surface area (Å²) in [5.41, 5.74) is 6.58. The van der Waals surface area contributed by atoms with Crippen molar-refractivity contribution in [3.63, 3.8) is 0 Å². The molecule has 2 unspecified atom stereocenters. The summed E-state index contributed by atoms with van der Waals surface area (Å²) < 4.78 is 14.0. The van der Waals surface area contributed by atoms with E-state index in [1.54, 1.807) is 12.1 Å². The largest absolute Gasteiger partial charge is 0.321 e. The monoisotopic (exact) mass is 269 g/mol. The molecule has 0 saturated heterocycles. The van der Waals surface area contributed by atoms with Crippen molar-refractivity contribution in [2.75, 3.05) is 0 Å². The zero-order chi connectivity index (χ0) is 13.2. The third kappa shape index (κ3) is 2.86. The first-order valence-electron chi connectivity index (χ1n) is 6.79. The lowest BCUT2D eigenvalue weighted by atomic mass is 9.83. The fourth-order valence-electron chi connectivity index (χ4n) is 3.01. The standard InChI is InChI=1S/C15H21ClFN/c1-2-11-4-3-8-15(18,9-7-11)13-6-5-12(16)10-14(13)17/h5-6,10-11H,2-4,7-9,18H2,1H3. The Hall–Kier alpha value is -0.600. The first-order valence-corrected chi connectivity index (χ1v) is 7.17. The van der Waals surface area contributed by atoms with Crippen LogP contribution in [0.15, 0.2) is 18.2 Å². The van der Waals surface area contributed by atoms with Crippen molar-refractivity contribution in [3.05, 3.63) is 34.6 Å². The lowest BCUT2D eigenvalue weighted by molar-refractivity contribution is 0.357. The van der Waals surface area contributed by atoms with Gasteiger partial charge in [-0.3, -0.25) is 0 Å². The van der Waals surface area contributed by atoms with Gasteiger partial charge in [0.2, 0.25) is 0 Å². The van der Waals surface area contributed by atoms with Gasteiger partial charge in [0.15, 0.2) is 0 Å². The van der Waals surface area contributed by atoms with E-state index in [2.05, 4.69) is 6.92 Å². The molecule has 1 nitrogen and oxygen atoms in total. The molecule has 0 radical (unpaired) electrons. The molecule has 2 rings (SSSR count). The fourth-order valence-corrected chi connectivity index (χ4v) is 3.17. The molecule has 0 amide bonds. The van der Waals surface area contributed by atoms with Crippen LogP contribution in [0, 0.1) is 11.7 Å². The molecule has 1 aromatic rings. The molecule has 3 heteroatoms. The molecule has 1 fully saturated rings. The molecule has 100 valence electrons. The van der Waals surface area contributed by atoms with E-state index in [4.69, 9.17) is 17.3 Å². The Balaban J connectivity index is 2.24. The Morgan fingerprint density at radius 3 is 2.83 bits per heavy atom. The molecule has 18 heavy (non-hydrogen) atoms. The van der Waals surface area contributed by atoms with Crippen molar-refractivity contribution in [2.24, 2.45) is 11.7 Å². The lowest BCUT2D eigenvalue weighted by Gasteiger charge is -2.29. The Morgan fingerprint density at radius 1 is 1.39 bits per heavy atom. The second-order valence-electron chi connectivity index (χ2n) is 5.49. The fraction of sp³-hybridized carbons (Fsp3) is 0.600. The van der Waals surface area contributed by atoms with Gasteiger partial charge in [-0.15, -0.1) is 0 Å². The molecule has 1 aromatic carbocycles. The zero-order valence-electron chi connectivity index (χ0n) is 10.9. The Morgan fingerprint density at radius 2 is 2.17 bits per heavy atom. The number of nitrogens with two attached hydrogens (primary N) is 1. The van der Waals surface area contributed by atoms with E-state index in [1.165, 1.54) is 18.9 Å². The summed E-state index contributed by atoms with van der Waals surface area (Å²) in [4.78, 5) is 0. The number of halogens is 2. The van der Waals surface area contributed by atoms with Gasteiger partial charge in [0.25, 0.3) is 0 Å². The number of benzene rings is 1. The van der Waals surface area contributed by atoms with Gasteiger partial charge in [-0.05, 0) is 37.3 Å². The minimum atomic E-state index is -0.515. The minimum absolute atomic E-state index is 0.264. The molecule has 0 bridgehead atoms. The summed E-state index contributed by atoms with van der Waals surface area (Å²) in [6, 6.07) is 4.86. The number of hydrogen-bond acceptors (Lipinski definition) is 1. The van der Waals surface area contributed by atoms with Gasteiger partial charge in [0.05, 0.1) is 0 Å². The summed E-state index contributed by atoms with van der Waals surface area (Å²) >= 11 is 5.80. The quantitative estimate of drug-likeness (QED) is 0.779. The third-order valence-corrected chi connectivity index (χ3v) is 4.51. The van der Waals surface area contributed by atoms with Crippen LogP contribution in [0.1, 0.15) is 51.0 Å². The highest BCUT2D eigenvalue weighted by Crippen LogP contribution is 2.38. The topological polar surface area (TPSA) is 26.0 Å². The molecule has 0 heterocycles. The van der Waals surface area contributed by atoms with E-state index in [9.17, 15) is 4.39 Å². The van der Waals surface area contributed by atoms with Gasteiger partial charge in [0, 0.05) is 16.1 Å². The van der Waals surface area contributed by atoms with Gasteiger partial charge < -0.3 is 5.73 Å². The molecule has 1 aliphatic rings. The molecule has 0 aromatic heterocycles. The Labute approximate surface area is 114 Å². The predicted octanol–water partition coefficient (Wildman–Crippen LogP) is 4.62. The predicted molar refractivity (Wildman–Crippen MR) is 74.1 cm³/mol. The molecule has 0 aliphatic heterocycles. The normalized spacial score (nSPS) is 29.0. The Bertz CT molecular complexity index is 421. The SMILES string of the molecule is CCC1CCCC(N)(c2ccc(Cl)cc2F)CC1.